The predicted octanol–water partition coefficient (Wildman–Crippen LogP) is 14.1. The fraction of sp³-hybridized carbons (Fsp3) is 0.929. The summed E-state index contributed by atoms with van der Waals surface area (Å²) in [7, 11) is 3.86. The fourth-order valence-electron chi connectivity index (χ4n) is 9.03. The van der Waals surface area contributed by atoms with E-state index in [9.17, 15) is 19.2 Å². The first-order valence-electron chi connectivity index (χ1n) is 27.8. The Balaban J connectivity index is 2.56. The molecule has 0 N–H and O–H groups in total. The van der Waals surface area contributed by atoms with E-state index < -0.39 is 16.9 Å². The number of carbonyl (C=O) groups excluding carboxylic acids is 4. The lowest BCUT2D eigenvalue weighted by atomic mass is 9.86. The van der Waals surface area contributed by atoms with Crippen molar-refractivity contribution in [2.75, 3.05) is 46.9 Å². The van der Waals surface area contributed by atoms with E-state index in [2.05, 4.69) is 25.7 Å². The van der Waals surface area contributed by atoms with Crippen molar-refractivity contribution < 1.29 is 38.1 Å². The molecule has 0 radical (unpaired) electrons. The fourth-order valence-corrected chi connectivity index (χ4v) is 9.03. The molecule has 0 saturated carbocycles. The van der Waals surface area contributed by atoms with E-state index in [1.54, 1.807) is 0 Å². The molecule has 0 unspecified atom stereocenters. The molecule has 10 heteroatoms. The highest BCUT2D eigenvalue weighted by Crippen LogP contribution is 2.30. The number of carbonyl (C=O) groups is 4. The zero-order chi connectivity index (χ0) is 48.9. The second-order valence-electron chi connectivity index (χ2n) is 21.6. The minimum Gasteiger partial charge on any atom is -0.465 e. The number of ether oxygens (including phenoxy) is 4. The third-order valence-corrected chi connectivity index (χ3v) is 13.8. The van der Waals surface area contributed by atoms with Gasteiger partial charge in [-0.05, 0) is 106 Å². The average molecular weight is 935 g/mol. The van der Waals surface area contributed by atoms with Gasteiger partial charge in [-0.15, -0.1) is 0 Å². The molecular weight excluding hydrogens is 829 g/mol. The van der Waals surface area contributed by atoms with Crippen LogP contribution in [0.4, 0.5) is 0 Å². The number of esters is 4. The van der Waals surface area contributed by atoms with Gasteiger partial charge in [-0.25, -0.2) is 0 Å². The lowest BCUT2D eigenvalue weighted by molar-refractivity contribution is -0.161. The maximum atomic E-state index is 13.5. The SMILES string of the molecule is CCCCCCCCCCCOC(=O)C(C)(C)CCCCN1C[C@@H](OC(=O)CCN(C)C)C[C@H]1C(=O)OCCCCCCC(C)(C)C(=O)OC(CCCCCCCC)CCCCCCCC. The van der Waals surface area contributed by atoms with E-state index in [0.29, 0.717) is 52.1 Å². The van der Waals surface area contributed by atoms with Crippen LogP contribution in [0.25, 0.3) is 0 Å². The van der Waals surface area contributed by atoms with Gasteiger partial charge in [-0.2, -0.15) is 0 Å². The van der Waals surface area contributed by atoms with Crippen molar-refractivity contribution in [3.8, 4) is 0 Å². The Morgan fingerprint density at radius 1 is 0.561 bits per heavy atom. The third-order valence-electron chi connectivity index (χ3n) is 13.8. The summed E-state index contributed by atoms with van der Waals surface area (Å²) in [6.07, 6.45) is 35.0. The zero-order valence-corrected chi connectivity index (χ0v) is 44.8. The van der Waals surface area contributed by atoms with E-state index in [-0.39, 0.29) is 36.1 Å². The van der Waals surface area contributed by atoms with Crippen LogP contribution in [0, 0.1) is 10.8 Å². The summed E-state index contributed by atoms with van der Waals surface area (Å²) in [5, 5.41) is 0. The van der Waals surface area contributed by atoms with Gasteiger partial charge in [0.25, 0.3) is 0 Å². The highest BCUT2D eigenvalue weighted by molar-refractivity contribution is 5.77. The van der Waals surface area contributed by atoms with Crippen LogP contribution >= 0.6 is 0 Å². The first-order valence-corrected chi connectivity index (χ1v) is 27.8. The molecule has 0 aromatic carbocycles. The average Bonchev–Trinajstić information content (AvgIpc) is 3.68. The quantitative estimate of drug-likeness (QED) is 0.0332. The molecule has 0 aromatic rings. The molecule has 1 aliphatic rings. The van der Waals surface area contributed by atoms with Crippen LogP contribution in [-0.2, 0) is 38.1 Å². The van der Waals surface area contributed by atoms with Crippen LogP contribution in [-0.4, -0.2) is 98.9 Å². The molecule has 1 fully saturated rings. The van der Waals surface area contributed by atoms with Gasteiger partial charge < -0.3 is 23.8 Å². The summed E-state index contributed by atoms with van der Waals surface area (Å²) in [6, 6.07) is -0.469. The second-order valence-corrected chi connectivity index (χ2v) is 21.6. The number of likely N-dealkylation sites (tertiary alicyclic amines) is 1. The van der Waals surface area contributed by atoms with Gasteiger partial charge in [-0.1, -0.05) is 162 Å². The van der Waals surface area contributed by atoms with E-state index in [0.717, 1.165) is 83.5 Å². The van der Waals surface area contributed by atoms with E-state index in [1.165, 1.54) is 109 Å². The largest absolute Gasteiger partial charge is 0.465 e. The minimum absolute atomic E-state index is 0.0202. The van der Waals surface area contributed by atoms with Gasteiger partial charge in [0.15, 0.2) is 0 Å². The number of rotatable bonds is 44. The van der Waals surface area contributed by atoms with Crippen LogP contribution in [0.2, 0.25) is 0 Å². The molecule has 0 spiro atoms. The monoisotopic (exact) mass is 935 g/mol. The van der Waals surface area contributed by atoms with E-state index >= 15 is 0 Å². The molecule has 0 bridgehead atoms. The van der Waals surface area contributed by atoms with Crippen molar-refractivity contribution in [1.29, 1.82) is 0 Å². The number of nitrogens with zero attached hydrogens (tertiary/aromatic N) is 2. The maximum Gasteiger partial charge on any atom is 0.323 e. The summed E-state index contributed by atoms with van der Waals surface area (Å²) in [5.41, 5.74) is -1.11. The van der Waals surface area contributed by atoms with Crippen LogP contribution in [0.1, 0.15) is 260 Å². The smallest absolute Gasteiger partial charge is 0.323 e. The number of hydrogen-bond donors (Lipinski definition) is 0. The van der Waals surface area contributed by atoms with Crippen LogP contribution in [0.5, 0.6) is 0 Å². The molecule has 1 rings (SSSR count). The normalized spacial score (nSPS) is 15.7. The maximum absolute atomic E-state index is 13.5. The van der Waals surface area contributed by atoms with Gasteiger partial charge >= 0.3 is 23.9 Å². The molecule has 1 saturated heterocycles. The highest BCUT2D eigenvalue weighted by Gasteiger charge is 2.40. The van der Waals surface area contributed by atoms with Crippen molar-refractivity contribution >= 4 is 23.9 Å². The summed E-state index contributed by atoms with van der Waals surface area (Å²) >= 11 is 0. The van der Waals surface area contributed by atoms with Gasteiger partial charge in [0.05, 0.1) is 30.5 Å². The molecule has 2 atom stereocenters. The first kappa shape index (κ1) is 61.8. The van der Waals surface area contributed by atoms with Gasteiger partial charge in [0.2, 0.25) is 0 Å². The van der Waals surface area contributed by atoms with Crippen LogP contribution < -0.4 is 0 Å². The highest BCUT2D eigenvalue weighted by atomic mass is 16.6. The molecule has 0 aliphatic carbocycles. The van der Waals surface area contributed by atoms with Crippen molar-refractivity contribution in [2.45, 2.75) is 279 Å². The van der Waals surface area contributed by atoms with Crippen LogP contribution in [0.15, 0.2) is 0 Å². The number of unbranched alkanes of at least 4 members (excludes halogenated alkanes) is 22. The standard InChI is InChI=1S/C56H106N2O8/c1-10-13-16-19-22-23-24-28-36-45-64-53(61)55(4,5)41-33-34-42-58-47-49(65-51(59)39-43-57(8)9)46-50(58)52(60)63-44-35-29-27-32-40-56(6,7)54(62)66-48(37-30-25-20-17-14-11-2)38-31-26-21-18-15-12-3/h48-50H,10-47H2,1-9H3/t49-,50-/m0/s1. The van der Waals surface area contributed by atoms with Crippen LogP contribution in [0.3, 0.4) is 0 Å². The van der Waals surface area contributed by atoms with E-state index in [1.807, 2.05) is 46.7 Å². The summed E-state index contributed by atoms with van der Waals surface area (Å²) < 4.78 is 23.6. The lowest BCUT2D eigenvalue weighted by Gasteiger charge is -2.27. The zero-order valence-electron chi connectivity index (χ0n) is 44.8. The molecular formula is C56H106N2O8. The second kappa shape index (κ2) is 38.6. The lowest BCUT2D eigenvalue weighted by Crippen LogP contribution is -2.38. The van der Waals surface area contributed by atoms with E-state index in [4.69, 9.17) is 18.9 Å². The Hall–Kier alpha value is -2.20. The Morgan fingerprint density at radius 3 is 1.52 bits per heavy atom. The summed E-state index contributed by atoms with van der Waals surface area (Å²) in [5.74, 6) is -0.709. The third kappa shape index (κ3) is 31.0. The van der Waals surface area contributed by atoms with Crippen molar-refractivity contribution in [1.82, 2.24) is 9.80 Å². The topological polar surface area (TPSA) is 112 Å². The Labute approximate surface area is 406 Å². The first-order chi connectivity index (χ1) is 31.7. The summed E-state index contributed by atoms with van der Waals surface area (Å²) in [6.45, 7) is 17.3. The Kier molecular flexibility index (Phi) is 36.2. The molecule has 0 amide bonds. The molecule has 388 valence electrons. The molecule has 1 heterocycles. The van der Waals surface area contributed by atoms with Crippen molar-refractivity contribution in [2.24, 2.45) is 10.8 Å². The molecule has 1 aliphatic heterocycles. The minimum atomic E-state index is -0.574. The Morgan fingerprint density at radius 2 is 1.00 bits per heavy atom. The molecule has 10 nitrogen and oxygen atoms in total. The van der Waals surface area contributed by atoms with Gasteiger partial charge in [-0.3, -0.25) is 24.1 Å². The van der Waals surface area contributed by atoms with Crippen molar-refractivity contribution in [3.63, 3.8) is 0 Å². The van der Waals surface area contributed by atoms with Gasteiger partial charge in [0.1, 0.15) is 18.2 Å². The number of hydrogen-bond acceptors (Lipinski definition) is 10. The van der Waals surface area contributed by atoms with Crippen molar-refractivity contribution in [3.05, 3.63) is 0 Å². The molecule has 66 heavy (non-hydrogen) atoms. The van der Waals surface area contributed by atoms with Gasteiger partial charge in [0, 0.05) is 19.5 Å². The summed E-state index contributed by atoms with van der Waals surface area (Å²) in [4.78, 5) is 56.7. The Bertz CT molecular complexity index is 1220. The predicted molar refractivity (Wildman–Crippen MR) is 273 cm³/mol. The molecule has 0 aromatic heterocycles.